The van der Waals surface area contributed by atoms with E-state index in [0.717, 1.165) is 28.6 Å². The molecule has 0 aromatic heterocycles. The van der Waals surface area contributed by atoms with Crippen LogP contribution in [0.1, 0.15) is 65.0 Å². The molecule has 0 bridgehead atoms. The van der Waals surface area contributed by atoms with E-state index in [-0.39, 0.29) is 11.4 Å². The number of benzene rings is 1. The Morgan fingerprint density at radius 1 is 1.26 bits per heavy atom. The second-order valence-corrected chi connectivity index (χ2v) is 8.91. The van der Waals surface area contributed by atoms with Gasteiger partial charge in [0.1, 0.15) is 0 Å². The van der Waals surface area contributed by atoms with Crippen molar-refractivity contribution in [1.29, 1.82) is 0 Å². The Labute approximate surface area is 167 Å². The molecule has 146 valence electrons. The first-order chi connectivity index (χ1) is 12.8. The van der Waals surface area contributed by atoms with Crippen LogP contribution in [0.15, 0.2) is 28.1 Å². The number of hydrogen-bond acceptors (Lipinski definition) is 4. The van der Waals surface area contributed by atoms with Gasteiger partial charge in [-0.1, -0.05) is 13.0 Å². The molecule has 0 spiro atoms. The Morgan fingerprint density at radius 2 is 2.00 bits per heavy atom. The van der Waals surface area contributed by atoms with E-state index in [4.69, 9.17) is 0 Å². The van der Waals surface area contributed by atoms with Crippen molar-refractivity contribution in [2.45, 2.75) is 59.4 Å². The molecule has 5 heteroatoms. The lowest BCUT2D eigenvalue weighted by molar-refractivity contribution is -0.122. The van der Waals surface area contributed by atoms with Gasteiger partial charge in [-0.2, -0.15) is 0 Å². The summed E-state index contributed by atoms with van der Waals surface area (Å²) < 4.78 is 0. The molecule has 27 heavy (non-hydrogen) atoms. The maximum atomic E-state index is 12.7. The van der Waals surface area contributed by atoms with E-state index in [1.54, 1.807) is 4.90 Å². The number of anilines is 1. The number of hydrogen-bond donors (Lipinski definition) is 0. The predicted molar refractivity (Wildman–Crippen MR) is 118 cm³/mol. The van der Waals surface area contributed by atoms with Crippen LogP contribution in [0.3, 0.4) is 0 Å². The summed E-state index contributed by atoms with van der Waals surface area (Å²) in [5.74, 6) is 0.573. The fraction of sp³-hybridized carbons (Fsp3) is 0.545. The molecule has 2 heterocycles. The minimum Gasteiger partial charge on any atom is -0.366 e. The van der Waals surface area contributed by atoms with E-state index in [1.165, 1.54) is 23.0 Å². The summed E-state index contributed by atoms with van der Waals surface area (Å²) in [7, 11) is 0. The van der Waals surface area contributed by atoms with Crippen LogP contribution in [0.5, 0.6) is 0 Å². The van der Waals surface area contributed by atoms with E-state index >= 15 is 0 Å². The summed E-state index contributed by atoms with van der Waals surface area (Å²) in [6, 6.07) is 6.64. The molecule has 1 saturated heterocycles. The Balaban J connectivity index is 1.96. The summed E-state index contributed by atoms with van der Waals surface area (Å²) in [5.41, 5.74) is 3.99. The Morgan fingerprint density at radius 3 is 2.63 bits per heavy atom. The van der Waals surface area contributed by atoms with Crippen molar-refractivity contribution in [3.05, 3.63) is 34.2 Å². The van der Waals surface area contributed by atoms with Gasteiger partial charge in [-0.3, -0.25) is 14.7 Å². The molecule has 1 aromatic carbocycles. The molecule has 2 aliphatic heterocycles. The lowest BCUT2D eigenvalue weighted by Crippen LogP contribution is -2.48. The number of likely N-dealkylation sites (N-methyl/N-ethyl adjacent to an activating group) is 1. The summed E-state index contributed by atoms with van der Waals surface area (Å²) >= 11 is 1.49. The molecule has 1 unspecified atom stereocenters. The fourth-order valence-electron chi connectivity index (χ4n) is 4.39. The molecule has 1 atom stereocenters. The highest BCUT2D eigenvalue weighted by atomic mass is 32.2. The zero-order chi connectivity index (χ0) is 19.8. The van der Waals surface area contributed by atoms with Crippen molar-refractivity contribution in [2.24, 2.45) is 4.99 Å². The second kappa shape index (κ2) is 7.70. The molecule has 2 aliphatic rings. The molecule has 0 N–H and O–H groups in total. The number of rotatable bonds is 4. The monoisotopic (exact) mass is 385 g/mol. The minimum absolute atomic E-state index is 0.0665. The zero-order valence-corrected chi connectivity index (χ0v) is 18.2. The van der Waals surface area contributed by atoms with Gasteiger partial charge in [0, 0.05) is 30.9 Å². The summed E-state index contributed by atoms with van der Waals surface area (Å²) in [6.07, 6.45) is 3.16. The van der Waals surface area contributed by atoms with Crippen molar-refractivity contribution in [3.8, 4) is 0 Å². The topological polar surface area (TPSA) is 35.9 Å². The molecule has 0 saturated carbocycles. The zero-order valence-electron chi connectivity index (χ0n) is 17.4. The molecule has 0 radical (unpaired) electrons. The molecular formula is C22H31N3OS. The molecule has 0 aliphatic carbocycles. The maximum absolute atomic E-state index is 12.7. The van der Waals surface area contributed by atoms with Crippen LogP contribution in [0, 0.1) is 0 Å². The Hall–Kier alpha value is -1.75. The average molecular weight is 386 g/mol. The molecule has 4 nitrogen and oxygen atoms in total. The SMILES string of the molecule is CCN=C1S/C(=C/c2ccc3c(c2)C(C)CC(C)(C)N3CC)C(=O)N1CC. The first-order valence-electron chi connectivity index (χ1n) is 9.99. The highest BCUT2D eigenvalue weighted by molar-refractivity contribution is 8.18. The number of aliphatic imine (C=N–C) groups is 1. The fourth-order valence-corrected chi connectivity index (χ4v) is 5.49. The Bertz CT molecular complexity index is 797. The van der Waals surface area contributed by atoms with Gasteiger partial charge in [0.05, 0.1) is 4.91 Å². The smallest absolute Gasteiger partial charge is 0.266 e. The molecule has 1 fully saturated rings. The largest absolute Gasteiger partial charge is 0.366 e. The molecular weight excluding hydrogens is 354 g/mol. The third-order valence-electron chi connectivity index (χ3n) is 5.52. The quantitative estimate of drug-likeness (QED) is 0.676. The van der Waals surface area contributed by atoms with Crippen LogP contribution >= 0.6 is 11.8 Å². The van der Waals surface area contributed by atoms with Crippen molar-refractivity contribution in [1.82, 2.24) is 4.90 Å². The number of fused-ring (bicyclic) bond motifs is 1. The van der Waals surface area contributed by atoms with Gasteiger partial charge in [-0.25, -0.2) is 0 Å². The lowest BCUT2D eigenvalue weighted by Gasteiger charge is -2.47. The number of amidine groups is 1. The molecule has 1 aromatic rings. The van der Waals surface area contributed by atoms with E-state index in [9.17, 15) is 4.79 Å². The third-order valence-corrected chi connectivity index (χ3v) is 6.57. The summed E-state index contributed by atoms with van der Waals surface area (Å²) in [5, 5.41) is 0.821. The second-order valence-electron chi connectivity index (χ2n) is 7.90. The van der Waals surface area contributed by atoms with Gasteiger partial charge in [-0.05, 0) is 88.1 Å². The van der Waals surface area contributed by atoms with Crippen LogP contribution in [0.2, 0.25) is 0 Å². The van der Waals surface area contributed by atoms with E-state index < -0.39 is 0 Å². The normalized spacial score (nSPS) is 24.8. The van der Waals surface area contributed by atoms with Crippen LogP contribution in [-0.2, 0) is 4.79 Å². The van der Waals surface area contributed by atoms with Crippen molar-refractivity contribution in [3.63, 3.8) is 0 Å². The summed E-state index contributed by atoms with van der Waals surface area (Å²) in [4.78, 5) is 22.2. The van der Waals surface area contributed by atoms with Gasteiger partial charge in [0.15, 0.2) is 5.17 Å². The average Bonchev–Trinajstić information content (AvgIpc) is 2.90. The van der Waals surface area contributed by atoms with Crippen molar-refractivity contribution < 1.29 is 4.79 Å². The standard InChI is InChI=1S/C22H31N3OS/c1-7-23-21-24(8-2)20(26)19(27-21)13-16-10-11-18-17(12-16)15(4)14-22(5,6)25(18)9-3/h10-13,15H,7-9,14H2,1-6H3/b19-13+,23-21?. The number of thioether (sulfide) groups is 1. The maximum Gasteiger partial charge on any atom is 0.266 e. The highest BCUT2D eigenvalue weighted by Gasteiger charge is 2.36. The van der Waals surface area contributed by atoms with E-state index in [0.29, 0.717) is 19.0 Å². The van der Waals surface area contributed by atoms with Crippen LogP contribution in [-0.4, -0.2) is 41.1 Å². The third kappa shape index (κ3) is 3.66. The van der Waals surface area contributed by atoms with Crippen LogP contribution < -0.4 is 4.90 Å². The first kappa shape index (κ1) is 20.0. The predicted octanol–water partition coefficient (Wildman–Crippen LogP) is 5.11. The first-order valence-corrected chi connectivity index (χ1v) is 10.8. The van der Waals surface area contributed by atoms with Gasteiger partial charge < -0.3 is 4.90 Å². The van der Waals surface area contributed by atoms with Crippen molar-refractivity contribution in [2.75, 3.05) is 24.5 Å². The van der Waals surface area contributed by atoms with Crippen molar-refractivity contribution >= 4 is 34.6 Å². The van der Waals surface area contributed by atoms with Crippen LogP contribution in [0.4, 0.5) is 5.69 Å². The summed E-state index contributed by atoms with van der Waals surface area (Å²) in [6.45, 7) is 15.5. The van der Waals surface area contributed by atoms with Gasteiger partial charge >= 0.3 is 0 Å². The molecule has 3 rings (SSSR count). The Kier molecular flexibility index (Phi) is 5.71. The number of carbonyl (C=O) groups excluding carboxylic acids is 1. The van der Waals surface area contributed by atoms with E-state index in [2.05, 4.69) is 55.8 Å². The van der Waals surface area contributed by atoms with Gasteiger partial charge in [0.2, 0.25) is 0 Å². The lowest BCUT2D eigenvalue weighted by atomic mass is 9.79. The highest BCUT2D eigenvalue weighted by Crippen LogP contribution is 2.44. The number of nitrogens with zero attached hydrogens (tertiary/aromatic N) is 3. The number of carbonyl (C=O) groups is 1. The van der Waals surface area contributed by atoms with Gasteiger partial charge in [-0.15, -0.1) is 0 Å². The number of amides is 1. The van der Waals surface area contributed by atoms with Gasteiger partial charge in [0.25, 0.3) is 5.91 Å². The van der Waals surface area contributed by atoms with E-state index in [1.807, 2.05) is 19.9 Å². The minimum atomic E-state index is 0.0665. The molecule has 1 amide bonds. The van der Waals surface area contributed by atoms with Crippen LogP contribution in [0.25, 0.3) is 6.08 Å².